The van der Waals surface area contributed by atoms with Crippen LogP contribution in [0.1, 0.15) is 11.1 Å². The number of carbonyl (C=O) groups is 1. The third kappa shape index (κ3) is 4.09. The predicted octanol–water partition coefficient (Wildman–Crippen LogP) is 4.11. The van der Waals surface area contributed by atoms with Gasteiger partial charge >= 0.3 is 0 Å². The van der Waals surface area contributed by atoms with Gasteiger partial charge in [0, 0.05) is 18.3 Å². The SMILES string of the molecule is Cc1ccc(-c2nnc(SCC(=O)N(C)c3ccccc3)o2)cc1C. The van der Waals surface area contributed by atoms with Gasteiger partial charge in [0.05, 0.1) is 5.75 Å². The summed E-state index contributed by atoms with van der Waals surface area (Å²) in [4.78, 5) is 13.9. The fourth-order valence-corrected chi connectivity index (χ4v) is 2.95. The second kappa shape index (κ2) is 7.53. The van der Waals surface area contributed by atoms with E-state index in [9.17, 15) is 4.79 Å². The fourth-order valence-electron chi connectivity index (χ4n) is 2.28. The van der Waals surface area contributed by atoms with E-state index in [0.717, 1.165) is 11.3 Å². The number of nitrogens with zero attached hydrogens (tertiary/aromatic N) is 3. The normalized spacial score (nSPS) is 10.7. The molecule has 0 saturated heterocycles. The minimum absolute atomic E-state index is 0.0258. The van der Waals surface area contributed by atoms with Gasteiger partial charge in [0.15, 0.2) is 0 Å². The van der Waals surface area contributed by atoms with Gasteiger partial charge < -0.3 is 9.32 Å². The Hall–Kier alpha value is -2.60. The summed E-state index contributed by atoms with van der Waals surface area (Å²) in [5, 5.41) is 8.49. The zero-order valence-corrected chi connectivity index (χ0v) is 15.2. The van der Waals surface area contributed by atoms with Crippen LogP contribution in [0.25, 0.3) is 11.5 Å². The third-order valence-electron chi connectivity index (χ3n) is 4.00. The molecule has 0 fully saturated rings. The fraction of sp³-hybridized carbons (Fsp3) is 0.211. The Morgan fingerprint density at radius 3 is 2.56 bits per heavy atom. The van der Waals surface area contributed by atoms with Crippen molar-refractivity contribution in [1.82, 2.24) is 10.2 Å². The molecular weight excluding hydrogens is 334 g/mol. The third-order valence-corrected chi connectivity index (χ3v) is 4.80. The standard InChI is InChI=1S/C19H19N3O2S/c1-13-9-10-15(11-14(13)2)18-20-21-19(24-18)25-12-17(23)22(3)16-7-5-4-6-8-16/h4-11H,12H2,1-3H3. The zero-order valence-electron chi connectivity index (χ0n) is 14.4. The number of carbonyl (C=O) groups excluding carboxylic acids is 1. The van der Waals surface area contributed by atoms with Gasteiger partial charge in [-0.2, -0.15) is 0 Å². The second-order valence-corrected chi connectivity index (χ2v) is 6.68. The van der Waals surface area contributed by atoms with Crippen molar-refractivity contribution < 1.29 is 9.21 Å². The van der Waals surface area contributed by atoms with Gasteiger partial charge in [-0.15, -0.1) is 10.2 Å². The van der Waals surface area contributed by atoms with Gasteiger partial charge in [-0.25, -0.2) is 0 Å². The van der Waals surface area contributed by atoms with Crippen molar-refractivity contribution in [1.29, 1.82) is 0 Å². The number of thioether (sulfide) groups is 1. The largest absolute Gasteiger partial charge is 0.411 e. The first kappa shape index (κ1) is 17.2. The quantitative estimate of drug-likeness (QED) is 0.646. The van der Waals surface area contributed by atoms with Crippen LogP contribution in [0.5, 0.6) is 0 Å². The first-order valence-corrected chi connectivity index (χ1v) is 8.88. The van der Waals surface area contributed by atoms with E-state index in [-0.39, 0.29) is 11.7 Å². The van der Waals surface area contributed by atoms with Crippen molar-refractivity contribution in [3.8, 4) is 11.5 Å². The van der Waals surface area contributed by atoms with E-state index in [2.05, 4.69) is 17.1 Å². The summed E-state index contributed by atoms with van der Waals surface area (Å²) in [5.41, 5.74) is 4.13. The maximum absolute atomic E-state index is 12.3. The average molecular weight is 353 g/mol. The molecule has 0 saturated carbocycles. The molecule has 0 radical (unpaired) electrons. The summed E-state index contributed by atoms with van der Waals surface area (Å²) in [6.45, 7) is 4.10. The second-order valence-electron chi connectivity index (χ2n) is 5.75. The molecule has 0 aliphatic heterocycles. The van der Waals surface area contributed by atoms with Crippen molar-refractivity contribution in [2.45, 2.75) is 19.1 Å². The van der Waals surface area contributed by atoms with E-state index in [0.29, 0.717) is 11.1 Å². The van der Waals surface area contributed by atoms with Crippen molar-refractivity contribution in [3.05, 3.63) is 59.7 Å². The van der Waals surface area contributed by atoms with Crippen LogP contribution in [0.15, 0.2) is 58.2 Å². The van der Waals surface area contributed by atoms with Crippen molar-refractivity contribution in [3.63, 3.8) is 0 Å². The van der Waals surface area contributed by atoms with Crippen LogP contribution in [0.3, 0.4) is 0 Å². The Bertz CT molecular complexity index is 877. The molecule has 0 unspecified atom stereocenters. The van der Waals surface area contributed by atoms with Crippen LogP contribution in [0, 0.1) is 13.8 Å². The number of para-hydroxylation sites is 1. The minimum Gasteiger partial charge on any atom is -0.411 e. The molecule has 0 N–H and O–H groups in total. The lowest BCUT2D eigenvalue weighted by Gasteiger charge is -2.16. The van der Waals surface area contributed by atoms with E-state index in [4.69, 9.17) is 4.42 Å². The smallest absolute Gasteiger partial charge is 0.277 e. The van der Waals surface area contributed by atoms with Crippen molar-refractivity contribution >= 4 is 23.4 Å². The van der Waals surface area contributed by atoms with E-state index in [1.165, 1.54) is 22.9 Å². The summed E-state index contributed by atoms with van der Waals surface area (Å²) < 4.78 is 5.67. The molecule has 1 amide bonds. The number of hydrogen-bond donors (Lipinski definition) is 0. The summed E-state index contributed by atoms with van der Waals surface area (Å²) in [6.07, 6.45) is 0. The lowest BCUT2D eigenvalue weighted by molar-refractivity contribution is -0.115. The van der Waals surface area contributed by atoms with Crippen LogP contribution >= 0.6 is 11.8 Å². The van der Waals surface area contributed by atoms with Gasteiger partial charge in [-0.3, -0.25) is 4.79 Å². The average Bonchev–Trinajstić information content (AvgIpc) is 3.11. The monoisotopic (exact) mass is 353 g/mol. The molecule has 6 heteroatoms. The first-order chi connectivity index (χ1) is 12.0. The van der Waals surface area contributed by atoms with Crippen LogP contribution in [0.4, 0.5) is 5.69 Å². The molecule has 2 aromatic carbocycles. The number of hydrogen-bond acceptors (Lipinski definition) is 5. The van der Waals surface area contributed by atoms with Crippen LogP contribution in [-0.4, -0.2) is 28.9 Å². The van der Waals surface area contributed by atoms with E-state index < -0.39 is 0 Å². The summed E-state index contributed by atoms with van der Waals surface area (Å²) >= 11 is 1.24. The van der Waals surface area contributed by atoms with Crippen LogP contribution in [-0.2, 0) is 4.79 Å². The Kier molecular flexibility index (Phi) is 5.19. The van der Waals surface area contributed by atoms with Crippen molar-refractivity contribution in [2.75, 3.05) is 17.7 Å². The highest BCUT2D eigenvalue weighted by molar-refractivity contribution is 7.99. The molecule has 1 aromatic heterocycles. The molecule has 1 heterocycles. The number of aromatic nitrogens is 2. The van der Waals surface area contributed by atoms with Crippen molar-refractivity contribution in [2.24, 2.45) is 0 Å². The number of benzene rings is 2. The molecule has 3 aromatic rings. The number of rotatable bonds is 5. The van der Waals surface area contributed by atoms with Gasteiger partial charge in [0.1, 0.15) is 0 Å². The molecule has 0 bridgehead atoms. The highest BCUT2D eigenvalue weighted by Gasteiger charge is 2.15. The topological polar surface area (TPSA) is 59.2 Å². The van der Waals surface area contributed by atoms with Crippen LogP contribution < -0.4 is 4.90 Å². The summed E-state index contributed by atoms with van der Waals surface area (Å²) in [6, 6.07) is 15.5. The molecule has 25 heavy (non-hydrogen) atoms. The lowest BCUT2D eigenvalue weighted by Crippen LogP contribution is -2.27. The highest BCUT2D eigenvalue weighted by Crippen LogP contribution is 2.25. The van der Waals surface area contributed by atoms with Gasteiger partial charge in [0.2, 0.25) is 11.8 Å². The van der Waals surface area contributed by atoms with Gasteiger partial charge in [-0.1, -0.05) is 36.0 Å². The molecule has 5 nitrogen and oxygen atoms in total. The molecule has 3 rings (SSSR count). The molecule has 0 atom stereocenters. The lowest BCUT2D eigenvalue weighted by atomic mass is 10.1. The minimum atomic E-state index is -0.0258. The zero-order chi connectivity index (χ0) is 17.8. The Morgan fingerprint density at radius 2 is 1.84 bits per heavy atom. The maximum Gasteiger partial charge on any atom is 0.277 e. The number of anilines is 1. The van der Waals surface area contributed by atoms with E-state index >= 15 is 0 Å². The molecule has 128 valence electrons. The highest BCUT2D eigenvalue weighted by atomic mass is 32.2. The maximum atomic E-state index is 12.3. The Morgan fingerprint density at radius 1 is 1.08 bits per heavy atom. The molecular formula is C19H19N3O2S. The summed E-state index contributed by atoms with van der Waals surface area (Å²) in [7, 11) is 1.76. The molecule has 0 spiro atoms. The number of amides is 1. The molecule has 0 aliphatic rings. The van der Waals surface area contributed by atoms with Crippen LogP contribution in [0.2, 0.25) is 0 Å². The number of aryl methyl sites for hydroxylation is 2. The van der Waals surface area contributed by atoms with E-state index in [1.807, 2.05) is 55.5 Å². The first-order valence-electron chi connectivity index (χ1n) is 7.90. The summed E-state index contributed by atoms with van der Waals surface area (Å²) in [5.74, 6) is 0.677. The van der Waals surface area contributed by atoms with Gasteiger partial charge in [-0.05, 0) is 49.2 Å². The predicted molar refractivity (Wildman–Crippen MR) is 99.8 cm³/mol. The molecule has 0 aliphatic carbocycles. The Balaban J connectivity index is 1.63. The Labute approximate surface area is 151 Å². The van der Waals surface area contributed by atoms with E-state index in [1.54, 1.807) is 11.9 Å². The van der Waals surface area contributed by atoms with Gasteiger partial charge in [0.25, 0.3) is 5.22 Å².